The van der Waals surface area contributed by atoms with Crippen LogP contribution >= 0.6 is 0 Å². The smallest absolute Gasteiger partial charge is 0.487 e. The molecule has 0 saturated carbocycles. The number of halogens is 4. The zero-order chi connectivity index (χ0) is 24.5. The Labute approximate surface area is 194 Å². The first-order valence-corrected chi connectivity index (χ1v) is 10.6. The lowest BCUT2D eigenvalue weighted by Gasteiger charge is -2.36. The van der Waals surface area contributed by atoms with Gasteiger partial charge in [0.25, 0.3) is 5.91 Å². The summed E-state index contributed by atoms with van der Waals surface area (Å²) >= 11 is 0. The number of nitrogens with two attached hydrogens (primary N) is 1. The highest BCUT2D eigenvalue weighted by Crippen LogP contribution is 2.47. The van der Waals surface area contributed by atoms with Crippen molar-refractivity contribution in [3.8, 4) is 11.5 Å². The third kappa shape index (κ3) is 3.45. The molecule has 0 radical (unpaired) electrons. The van der Waals surface area contributed by atoms with Crippen molar-refractivity contribution >= 4 is 28.3 Å². The average molecular weight is 488 g/mol. The maximum Gasteiger partial charge on any atom is 0.573 e. The molecule has 6 rings (SSSR count). The number of benzene rings is 1. The summed E-state index contributed by atoms with van der Waals surface area (Å²) < 4.78 is 63.6. The molecule has 0 unspecified atom stereocenters. The fourth-order valence-corrected chi connectivity index (χ4v) is 4.77. The van der Waals surface area contributed by atoms with Crippen molar-refractivity contribution in [2.24, 2.45) is 0 Å². The van der Waals surface area contributed by atoms with E-state index in [4.69, 9.17) is 10.5 Å². The van der Waals surface area contributed by atoms with Gasteiger partial charge < -0.3 is 20.1 Å². The van der Waals surface area contributed by atoms with E-state index in [0.29, 0.717) is 35.9 Å². The molecule has 1 aromatic carbocycles. The Kier molecular flexibility index (Phi) is 4.53. The quantitative estimate of drug-likeness (QED) is 0.429. The number of ether oxygens (including phenoxy) is 2. The number of nitrogen functional groups attached to an aromatic ring is 1. The van der Waals surface area contributed by atoms with E-state index in [9.17, 15) is 22.4 Å². The van der Waals surface area contributed by atoms with Gasteiger partial charge in [-0.2, -0.15) is 0 Å². The van der Waals surface area contributed by atoms with Crippen LogP contribution in [0.3, 0.4) is 0 Å². The summed E-state index contributed by atoms with van der Waals surface area (Å²) in [5.41, 5.74) is 7.96. The molecule has 0 spiro atoms. The first kappa shape index (κ1) is 21.4. The summed E-state index contributed by atoms with van der Waals surface area (Å²) in [4.78, 5) is 27.7. The monoisotopic (exact) mass is 488 g/mol. The maximum absolute atomic E-state index is 14.5. The lowest BCUT2D eigenvalue weighted by molar-refractivity contribution is -0.275. The van der Waals surface area contributed by atoms with Crippen molar-refractivity contribution < 1.29 is 31.8 Å². The minimum absolute atomic E-state index is 0.0478. The molecule has 1 amide bonds. The van der Waals surface area contributed by atoms with Crippen molar-refractivity contribution in [1.82, 2.24) is 24.3 Å². The number of carbonyl (C=O) groups is 1. The molecule has 0 bridgehead atoms. The highest BCUT2D eigenvalue weighted by atomic mass is 19.4. The molecule has 4 aromatic rings. The number of pyridine rings is 1. The van der Waals surface area contributed by atoms with Crippen molar-refractivity contribution in [3.63, 3.8) is 0 Å². The molecule has 2 N–H and O–H groups in total. The van der Waals surface area contributed by atoms with Crippen LogP contribution < -0.4 is 15.2 Å². The van der Waals surface area contributed by atoms with Crippen LogP contribution in [0.5, 0.6) is 11.5 Å². The molecule has 1 saturated heterocycles. The van der Waals surface area contributed by atoms with Crippen LogP contribution in [0.25, 0.3) is 16.6 Å². The van der Waals surface area contributed by atoms with Gasteiger partial charge in [0.05, 0.1) is 30.3 Å². The van der Waals surface area contributed by atoms with Gasteiger partial charge in [0.2, 0.25) is 0 Å². The Bertz CT molecular complexity index is 1500. The van der Waals surface area contributed by atoms with E-state index in [-0.39, 0.29) is 22.8 Å². The molecule has 9 nitrogen and oxygen atoms in total. The largest absolute Gasteiger partial charge is 0.573 e. The van der Waals surface area contributed by atoms with Crippen LogP contribution in [0.15, 0.2) is 36.9 Å². The summed E-state index contributed by atoms with van der Waals surface area (Å²) in [6.45, 7) is 0.339. The topological polar surface area (TPSA) is 108 Å². The highest BCUT2D eigenvalue weighted by Gasteiger charge is 2.45. The zero-order valence-electron chi connectivity index (χ0n) is 17.8. The molecular formula is C22H16F4N6O3. The van der Waals surface area contributed by atoms with Gasteiger partial charge in [-0.3, -0.25) is 9.20 Å². The van der Waals surface area contributed by atoms with E-state index in [1.54, 1.807) is 23.0 Å². The molecule has 2 aliphatic heterocycles. The number of anilines is 1. The van der Waals surface area contributed by atoms with E-state index >= 15 is 0 Å². The fraction of sp³-hybridized carbons (Fsp3) is 0.273. The van der Waals surface area contributed by atoms with Gasteiger partial charge >= 0.3 is 6.36 Å². The number of rotatable bonds is 2. The summed E-state index contributed by atoms with van der Waals surface area (Å²) in [6.07, 6.45) is 0.0775. The Morgan fingerprint density at radius 2 is 2.03 bits per heavy atom. The predicted octanol–water partition coefficient (Wildman–Crippen LogP) is 3.64. The molecule has 35 heavy (non-hydrogen) atoms. The molecule has 2 atom stereocenters. The van der Waals surface area contributed by atoms with Crippen LogP contribution in [-0.4, -0.2) is 49.2 Å². The van der Waals surface area contributed by atoms with Gasteiger partial charge in [0.15, 0.2) is 11.6 Å². The van der Waals surface area contributed by atoms with Crippen LogP contribution in [0.2, 0.25) is 0 Å². The second-order valence-electron chi connectivity index (χ2n) is 8.31. The van der Waals surface area contributed by atoms with Crippen LogP contribution in [0.4, 0.5) is 23.4 Å². The van der Waals surface area contributed by atoms with E-state index in [1.165, 1.54) is 11.1 Å². The number of aromatic nitrogens is 4. The number of carbonyl (C=O) groups excluding carboxylic acids is 1. The zero-order valence-corrected chi connectivity index (χ0v) is 17.8. The molecule has 13 heteroatoms. The van der Waals surface area contributed by atoms with Crippen LogP contribution in [0.1, 0.15) is 34.9 Å². The molecule has 180 valence electrons. The molecule has 1 fully saturated rings. The lowest BCUT2D eigenvalue weighted by atomic mass is 9.94. The molecule has 3 aromatic heterocycles. The van der Waals surface area contributed by atoms with Gasteiger partial charge in [-0.15, -0.1) is 13.2 Å². The summed E-state index contributed by atoms with van der Waals surface area (Å²) in [7, 11) is 0. The van der Waals surface area contributed by atoms with Gasteiger partial charge in [-0.05, 0) is 25.0 Å². The number of likely N-dealkylation sites (tertiary alicyclic amines) is 1. The number of nitrogens with zero attached hydrogens (tertiary/aromatic N) is 5. The third-order valence-electron chi connectivity index (χ3n) is 6.21. The van der Waals surface area contributed by atoms with Crippen LogP contribution in [-0.2, 0) is 0 Å². The number of hydrogen-bond donors (Lipinski definition) is 1. The standard InChI is InChI=1S/C22H16F4N6O3/c23-11-4-10-17(6-18(11)35-22(24,25)26)34-16-2-1-3-31(19(10)16)21(33)12-5-14-13(7-29-12)30-20(27)15-8-28-9-32(14)15/h4-9,16,19H,1-3H2,(H2,27,30)/t16-,19-/m0/s1. The summed E-state index contributed by atoms with van der Waals surface area (Å²) in [6, 6.07) is 2.69. The normalized spacial score (nSPS) is 19.5. The predicted molar refractivity (Wildman–Crippen MR) is 113 cm³/mol. The highest BCUT2D eigenvalue weighted by molar-refractivity contribution is 5.96. The molecule has 2 aliphatic rings. The Hall–Kier alpha value is -4.16. The number of imidazole rings is 1. The van der Waals surface area contributed by atoms with Gasteiger partial charge in [-0.25, -0.2) is 19.3 Å². The average Bonchev–Trinajstić information content (AvgIpc) is 3.43. The fourth-order valence-electron chi connectivity index (χ4n) is 4.77. The van der Waals surface area contributed by atoms with Crippen molar-refractivity contribution in [2.45, 2.75) is 31.3 Å². The molecular weight excluding hydrogens is 472 g/mol. The number of alkyl halides is 3. The molecule has 0 aliphatic carbocycles. The Morgan fingerprint density at radius 3 is 2.83 bits per heavy atom. The van der Waals surface area contributed by atoms with E-state index in [2.05, 4.69) is 19.7 Å². The van der Waals surface area contributed by atoms with Gasteiger partial charge in [0, 0.05) is 18.2 Å². The second-order valence-corrected chi connectivity index (χ2v) is 8.31. The second kappa shape index (κ2) is 7.42. The number of fused-ring (bicyclic) bond motifs is 6. The lowest BCUT2D eigenvalue weighted by Crippen LogP contribution is -2.44. The van der Waals surface area contributed by atoms with Crippen molar-refractivity contribution in [2.75, 3.05) is 12.3 Å². The first-order chi connectivity index (χ1) is 16.7. The van der Waals surface area contributed by atoms with Crippen molar-refractivity contribution in [3.05, 3.63) is 54.0 Å². The number of piperidine rings is 1. The summed E-state index contributed by atoms with van der Waals surface area (Å²) in [5.74, 6) is -2.30. The van der Waals surface area contributed by atoms with Gasteiger partial charge in [-0.1, -0.05) is 0 Å². The van der Waals surface area contributed by atoms with Gasteiger partial charge in [0.1, 0.15) is 34.4 Å². The molecule has 5 heterocycles. The van der Waals surface area contributed by atoms with E-state index in [0.717, 1.165) is 12.1 Å². The minimum Gasteiger partial charge on any atom is -0.487 e. The van der Waals surface area contributed by atoms with E-state index < -0.39 is 36.0 Å². The van der Waals surface area contributed by atoms with Crippen molar-refractivity contribution in [1.29, 1.82) is 0 Å². The first-order valence-electron chi connectivity index (χ1n) is 10.6. The summed E-state index contributed by atoms with van der Waals surface area (Å²) in [5, 5.41) is 0. The number of hydrogen-bond acceptors (Lipinski definition) is 7. The SMILES string of the molecule is Nc1nc2cnc(C(=O)N3CCC[C@@H]4Oc5cc(OC(F)(F)F)c(F)cc5[C@@H]43)cc2n2cncc12. The maximum atomic E-state index is 14.5. The Balaban J connectivity index is 1.38. The minimum atomic E-state index is -5.05. The third-order valence-corrected chi connectivity index (χ3v) is 6.21. The van der Waals surface area contributed by atoms with Crippen LogP contribution in [0, 0.1) is 5.82 Å². The Morgan fingerprint density at radius 1 is 1.20 bits per heavy atom. The van der Waals surface area contributed by atoms with E-state index in [1.807, 2.05) is 0 Å². The number of amides is 1.